The lowest BCUT2D eigenvalue weighted by atomic mass is 10.1. The zero-order chi connectivity index (χ0) is 18.1. The molecule has 1 N–H and O–H groups in total. The van der Waals surface area contributed by atoms with E-state index in [-0.39, 0.29) is 6.10 Å². The molecule has 0 saturated carbocycles. The number of hydrogen-bond acceptors (Lipinski definition) is 5. The van der Waals surface area contributed by atoms with Crippen molar-refractivity contribution >= 4 is 16.7 Å². The molecule has 0 bridgehead atoms. The zero-order valence-electron chi connectivity index (χ0n) is 15.5. The molecule has 0 amide bonds. The molecule has 2 aromatic heterocycles. The molecule has 136 valence electrons. The van der Waals surface area contributed by atoms with Crippen molar-refractivity contribution in [1.29, 1.82) is 0 Å². The Morgan fingerprint density at radius 1 is 1.19 bits per heavy atom. The first-order chi connectivity index (χ1) is 12.6. The summed E-state index contributed by atoms with van der Waals surface area (Å²) < 4.78 is 11.3. The Morgan fingerprint density at radius 2 is 2.00 bits per heavy atom. The molecule has 0 atom stereocenters. The molecular formula is C20H24N4O2. The first-order valence-electron chi connectivity index (χ1n) is 9.06. The van der Waals surface area contributed by atoms with Gasteiger partial charge < -0.3 is 14.4 Å². The maximum Gasteiger partial charge on any atom is 0.129 e. The highest BCUT2D eigenvalue weighted by atomic mass is 16.5. The van der Waals surface area contributed by atoms with Crippen LogP contribution in [0.1, 0.15) is 19.4 Å². The monoisotopic (exact) mass is 352 g/mol. The van der Waals surface area contributed by atoms with Crippen LogP contribution in [0.2, 0.25) is 0 Å². The molecule has 1 fully saturated rings. The first-order valence-corrected chi connectivity index (χ1v) is 9.06. The number of fused-ring (bicyclic) bond motifs is 1. The topological polar surface area (TPSA) is 63.3 Å². The molecule has 0 unspecified atom stereocenters. The number of rotatable bonds is 4. The van der Waals surface area contributed by atoms with E-state index in [4.69, 9.17) is 9.47 Å². The zero-order valence-corrected chi connectivity index (χ0v) is 15.5. The first kappa shape index (κ1) is 16.8. The second-order valence-corrected chi connectivity index (χ2v) is 6.90. The van der Waals surface area contributed by atoms with Crippen LogP contribution in [-0.4, -0.2) is 47.6 Å². The number of aromatic amines is 1. The van der Waals surface area contributed by atoms with Gasteiger partial charge >= 0.3 is 0 Å². The standard InChI is InChI=1S/C20H24N4O2/c1-13(2)26-16-10-14(3)19-17(12-16)20(23-22-19)15-4-5-21-18(11-15)24-6-8-25-9-7-24/h4-5,10-13H,6-9H2,1-3H3,(H,22,23). The summed E-state index contributed by atoms with van der Waals surface area (Å²) in [6.07, 6.45) is 1.99. The fourth-order valence-corrected chi connectivity index (χ4v) is 3.36. The Hall–Kier alpha value is -2.60. The maximum absolute atomic E-state index is 5.91. The van der Waals surface area contributed by atoms with E-state index in [1.807, 2.05) is 32.2 Å². The van der Waals surface area contributed by atoms with Crippen molar-refractivity contribution in [3.8, 4) is 17.0 Å². The van der Waals surface area contributed by atoms with E-state index in [2.05, 4.69) is 39.1 Å². The molecule has 0 spiro atoms. The Kier molecular flexibility index (Phi) is 4.51. The van der Waals surface area contributed by atoms with Crippen molar-refractivity contribution in [2.45, 2.75) is 26.9 Å². The van der Waals surface area contributed by atoms with E-state index in [9.17, 15) is 0 Å². The normalized spacial score (nSPS) is 15.0. The van der Waals surface area contributed by atoms with E-state index in [0.29, 0.717) is 0 Å². The molecule has 4 rings (SSSR count). The van der Waals surface area contributed by atoms with Crippen LogP contribution in [0.3, 0.4) is 0 Å². The molecule has 26 heavy (non-hydrogen) atoms. The molecule has 1 aliphatic rings. The van der Waals surface area contributed by atoms with Gasteiger partial charge in [0.25, 0.3) is 0 Å². The minimum absolute atomic E-state index is 0.135. The molecule has 0 aliphatic carbocycles. The van der Waals surface area contributed by atoms with E-state index < -0.39 is 0 Å². The smallest absolute Gasteiger partial charge is 0.129 e. The summed E-state index contributed by atoms with van der Waals surface area (Å²) in [4.78, 5) is 6.79. The van der Waals surface area contributed by atoms with Crippen molar-refractivity contribution < 1.29 is 9.47 Å². The number of anilines is 1. The van der Waals surface area contributed by atoms with Crippen LogP contribution in [0.4, 0.5) is 5.82 Å². The number of morpholine rings is 1. The summed E-state index contributed by atoms with van der Waals surface area (Å²) in [6, 6.07) is 8.24. The van der Waals surface area contributed by atoms with Crippen molar-refractivity contribution in [2.24, 2.45) is 0 Å². The van der Waals surface area contributed by atoms with Gasteiger partial charge in [0.15, 0.2) is 0 Å². The fourth-order valence-electron chi connectivity index (χ4n) is 3.36. The van der Waals surface area contributed by atoms with Crippen molar-refractivity contribution in [3.63, 3.8) is 0 Å². The average Bonchev–Trinajstić information content (AvgIpc) is 3.06. The summed E-state index contributed by atoms with van der Waals surface area (Å²) in [7, 11) is 0. The molecule has 1 saturated heterocycles. The molecule has 6 nitrogen and oxygen atoms in total. The number of H-pyrrole nitrogens is 1. The van der Waals surface area contributed by atoms with Gasteiger partial charge in [0.1, 0.15) is 11.6 Å². The van der Waals surface area contributed by atoms with E-state index in [1.165, 1.54) is 0 Å². The maximum atomic E-state index is 5.91. The lowest BCUT2D eigenvalue weighted by Gasteiger charge is -2.27. The van der Waals surface area contributed by atoms with Crippen LogP contribution in [0, 0.1) is 6.92 Å². The van der Waals surface area contributed by atoms with Gasteiger partial charge in [-0.3, -0.25) is 5.10 Å². The highest BCUT2D eigenvalue weighted by Gasteiger charge is 2.16. The summed E-state index contributed by atoms with van der Waals surface area (Å²) in [6.45, 7) is 9.35. The van der Waals surface area contributed by atoms with Crippen molar-refractivity contribution in [1.82, 2.24) is 15.2 Å². The van der Waals surface area contributed by atoms with Crippen LogP contribution >= 0.6 is 0 Å². The van der Waals surface area contributed by atoms with Gasteiger partial charge in [-0.2, -0.15) is 5.10 Å². The van der Waals surface area contributed by atoms with Crippen LogP contribution in [0.25, 0.3) is 22.2 Å². The number of ether oxygens (including phenoxy) is 2. The average molecular weight is 352 g/mol. The molecule has 3 aromatic rings. The molecular weight excluding hydrogens is 328 g/mol. The third kappa shape index (κ3) is 3.24. The largest absolute Gasteiger partial charge is 0.491 e. The minimum atomic E-state index is 0.135. The second kappa shape index (κ2) is 6.96. The highest BCUT2D eigenvalue weighted by molar-refractivity contribution is 5.95. The summed E-state index contributed by atoms with van der Waals surface area (Å²) in [5, 5.41) is 8.80. The van der Waals surface area contributed by atoms with Gasteiger partial charge in [0.05, 0.1) is 30.5 Å². The van der Waals surface area contributed by atoms with Gasteiger partial charge in [0.2, 0.25) is 0 Å². The van der Waals surface area contributed by atoms with Gasteiger partial charge in [-0.1, -0.05) is 0 Å². The summed E-state index contributed by atoms with van der Waals surface area (Å²) in [5.74, 6) is 1.84. The fraction of sp³-hybridized carbons (Fsp3) is 0.400. The number of aromatic nitrogens is 3. The van der Waals surface area contributed by atoms with Gasteiger partial charge in [-0.25, -0.2) is 4.98 Å². The Balaban J connectivity index is 1.75. The molecule has 3 heterocycles. The SMILES string of the molecule is Cc1cc(OC(C)C)cc2c(-c3ccnc(N4CCOCC4)c3)[nH]nc12. The number of aryl methyl sites for hydroxylation is 1. The molecule has 0 radical (unpaired) electrons. The van der Waals surface area contributed by atoms with E-state index in [0.717, 1.165) is 65.6 Å². The number of nitrogens with zero attached hydrogens (tertiary/aromatic N) is 3. The predicted molar refractivity (Wildman–Crippen MR) is 103 cm³/mol. The minimum Gasteiger partial charge on any atom is -0.491 e. The lowest BCUT2D eigenvalue weighted by molar-refractivity contribution is 0.122. The quantitative estimate of drug-likeness (QED) is 0.778. The number of pyridine rings is 1. The third-order valence-corrected chi connectivity index (χ3v) is 4.56. The highest BCUT2D eigenvalue weighted by Crippen LogP contribution is 2.33. The van der Waals surface area contributed by atoms with E-state index >= 15 is 0 Å². The Labute approximate surface area is 153 Å². The van der Waals surface area contributed by atoms with Crippen LogP contribution in [0.15, 0.2) is 30.5 Å². The summed E-state index contributed by atoms with van der Waals surface area (Å²) in [5.41, 5.74) is 4.14. The van der Waals surface area contributed by atoms with Crippen molar-refractivity contribution in [2.75, 3.05) is 31.2 Å². The van der Waals surface area contributed by atoms with Gasteiger partial charge in [-0.05, 0) is 50.6 Å². The van der Waals surface area contributed by atoms with Gasteiger partial charge in [-0.15, -0.1) is 0 Å². The van der Waals surface area contributed by atoms with Crippen LogP contribution in [0.5, 0.6) is 5.75 Å². The number of benzene rings is 1. The molecule has 1 aromatic carbocycles. The van der Waals surface area contributed by atoms with Crippen LogP contribution < -0.4 is 9.64 Å². The molecule has 1 aliphatic heterocycles. The predicted octanol–water partition coefficient (Wildman–Crippen LogP) is 3.56. The van der Waals surface area contributed by atoms with Crippen molar-refractivity contribution in [3.05, 3.63) is 36.0 Å². The Morgan fingerprint density at radius 3 is 2.77 bits per heavy atom. The lowest BCUT2D eigenvalue weighted by Crippen LogP contribution is -2.36. The third-order valence-electron chi connectivity index (χ3n) is 4.56. The van der Waals surface area contributed by atoms with Gasteiger partial charge in [0, 0.05) is 30.2 Å². The van der Waals surface area contributed by atoms with Crippen LogP contribution in [-0.2, 0) is 4.74 Å². The molecule has 6 heteroatoms. The number of hydrogen-bond donors (Lipinski definition) is 1. The summed E-state index contributed by atoms with van der Waals surface area (Å²) >= 11 is 0. The Bertz CT molecular complexity index is 913. The number of nitrogens with one attached hydrogen (secondary N) is 1. The second-order valence-electron chi connectivity index (χ2n) is 6.90. The van der Waals surface area contributed by atoms with E-state index in [1.54, 1.807) is 0 Å².